The monoisotopic (exact) mass is 296 g/mol. The minimum Gasteiger partial charge on any atom is -0.490 e. The smallest absolute Gasteiger partial charge is 0.326 e. The summed E-state index contributed by atoms with van der Waals surface area (Å²) in [5.74, 6) is 0.757. The van der Waals surface area contributed by atoms with E-state index in [1.165, 1.54) is 0 Å². The Labute approximate surface area is 130 Å². The molecule has 1 aliphatic rings. The molecule has 0 radical (unpaired) electrons. The molecule has 0 saturated heterocycles. The van der Waals surface area contributed by atoms with E-state index >= 15 is 0 Å². The molecule has 2 aromatic rings. The summed E-state index contributed by atoms with van der Waals surface area (Å²) in [7, 11) is 0. The number of carbonyl (C=O) groups is 1. The van der Waals surface area contributed by atoms with Crippen molar-refractivity contribution in [1.29, 1.82) is 0 Å². The molecular formula is C18H20N2O2. The number of amides is 2. The van der Waals surface area contributed by atoms with Crippen molar-refractivity contribution < 1.29 is 9.53 Å². The molecule has 0 fully saturated rings. The second-order valence-electron chi connectivity index (χ2n) is 5.78. The van der Waals surface area contributed by atoms with Gasteiger partial charge in [-0.2, -0.15) is 0 Å². The third-order valence-electron chi connectivity index (χ3n) is 3.70. The molecule has 1 N–H and O–H groups in total. The molecule has 0 aromatic heterocycles. The number of fused-ring (bicyclic) bond motifs is 1. The van der Waals surface area contributed by atoms with Crippen LogP contribution in [0, 0.1) is 20.8 Å². The van der Waals surface area contributed by atoms with Crippen LogP contribution in [0.5, 0.6) is 5.75 Å². The van der Waals surface area contributed by atoms with Gasteiger partial charge < -0.3 is 10.1 Å². The van der Waals surface area contributed by atoms with Crippen molar-refractivity contribution in [3.05, 3.63) is 53.1 Å². The number of nitrogens with zero attached hydrogens (tertiary/aromatic N) is 1. The van der Waals surface area contributed by atoms with Gasteiger partial charge in [0, 0.05) is 5.69 Å². The van der Waals surface area contributed by atoms with Gasteiger partial charge in [0.25, 0.3) is 0 Å². The van der Waals surface area contributed by atoms with Crippen LogP contribution in [0.3, 0.4) is 0 Å². The van der Waals surface area contributed by atoms with E-state index in [1.54, 1.807) is 4.90 Å². The first kappa shape index (κ1) is 14.4. The molecular weight excluding hydrogens is 276 g/mol. The number of hydrogen-bond acceptors (Lipinski definition) is 2. The van der Waals surface area contributed by atoms with E-state index in [2.05, 4.69) is 11.4 Å². The van der Waals surface area contributed by atoms with E-state index in [-0.39, 0.29) is 6.03 Å². The van der Waals surface area contributed by atoms with Gasteiger partial charge in [-0.25, -0.2) is 4.79 Å². The molecule has 0 saturated carbocycles. The topological polar surface area (TPSA) is 41.6 Å². The van der Waals surface area contributed by atoms with Gasteiger partial charge in [0.2, 0.25) is 0 Å². The van der Waals surface area contributed by atoms with E-state index in [0.29, 0.717) is 13.2 Å². The summed E-state index contributed by atoms with van der Waals surface area (Å²) in [5, 5.41) is 2.99. The standard InChI is InChI=1S/C18H20N2O2/c1-12-4-5-17-16(11-12)20(6-7-22-17)18(21)19-15-9-13(2)8-14(3)10-15/h4-5,8-11H,6-7H2,1-3H3,(H,19,21). The van der Waals surface area contributed by atoms with Crippen LogP contribution in [0.1, 0.15) is 16.7 Å². The van der Waals surface area contributed by atoms with Crippen molar-refractivity contribution in [2.24, 2.45) is 0 Å². The van der Waals surface area contributed by atoms with E-state index in [1.807, 2.05) is 51.1 Å². The Bertz CT molecular complexity index is 705. The quantitative estimate of drug-likeness (QED) is 0.862. The summed E-state index contributed by atoms with van der Waals surface area (Å²) in [6.07, 6.45) is 0. The molecule has 0 bridgehead atoms. The zero-order valence-electron chi connectivity index (χ0n) is 13.1. The number of ether oxygens (including phenoxy) is 1. The predicted octanol–water partition coefficient (Wildman–Crippen LogP) is 4.04. The molecule has 0 aliphatic carbocycles. The number of benzene rings is 2. The van der Waals surface area contributed by atoms with Crippen molar-refractivity contribution in [3.63, 3.8) is 0 Å². The van der Waals surface area contributed by atoms with Gasteiger partial charge in [-0.3, -0.25) is 4.90 Å². The summed E-state index contributed by atoms with van der Waals surface area (Å²) >= 11 is 0. The number of rotatable bonds is 1. The Morgan fingerprint density at radius 1 is 1.05 bits per heavy atom. The number of aryl methyl sites for hydroxylation is 3. The van der Waals surface area contributed by atoms with Crippen LogP contribution in [0.25, 0.3) is 0 Å². The highest BCUT2D eigenvalue weighted by Crippen LogP contribution is 2.32. The highest BCUT2D eigenvalue weighted by molar-refractivity contribution is 6.03. The summed E-state index contributed by atoms with van der Waals surface area (Å²) in [4.78, 5) is 14.4. The third kappa shape index (κ3) is 2.91. The lowest BCUT2D eigenvalue weighted by Gasteiger charge is -2.30. The van der Waals surface area contributed by atoms with Crippen LogP contribution < -0.4 is 15.0 Å². The normalized spacial score (nSPS) is 13.3. The van der Waals surface area contributed by atoms with Crippen LogP contribution >= 0.6 is 0 Å². The maximum absolute atomic E-state index is 12.6. The molecule has 3 rings (SSSR count). The maximum atomic E-state index is 12.6. The van der Waals surface area contributed by atoms with Gasteiger partial charge in [-0.15, -0.1) is 0 Å². The van der Waals surface area contributed by atoms with E-state index in [4.69, 9.17) is 4.74 Å². The van der Waals surface area contributed by atoms with Crippen molar-refractivity contribution in [2.75, 3.05) is 23.4 Å². The van der Waals surface area contributed by atoms with Gasteiger partial charge in [0.15, 0.2) is 0 Å². The molecule has 1 aliphatic heterocycles. The summed E-state index contributed by atoms with van der Waals surface area (Å²) in [5.41, 5.74) is 5.02. The van der Waals surface area contributed by atoms with Crippen molar-refractivity contribution in [2.45, 2.75) is 20.8 Å². The van der Waals surface area contributed by atoms with Crippen LogP contribution in [-0.4, -0.2) is 19.2 Å². The highest BCUT2D eigenvalue weighted by atomic mass is 16.5. The lowest BCUT2D eigenvalue weighted by atomic mass is 10.1. The van der Waals surface area contributed by atoms with Crippen LogP contribution in [0.4, 0.5) is 16.2 Å². The molecule has 2 aromatic carbocycles. The molecule has 4 heteroatoms. The Hall–Kier alpha value is -2.49. The number of anilines is 2. The first-order valence-electron chi connectivity index (χ1n) is 7.43. The Morgan fingerprint density at radius 2 is 1.77 bits per heavy atom. The molecule has 2 amide bonds. The predicted molar refractivity (Wildman–Crippen MR) is 89.0 cm³/mol. The minimum atomic E-state index is -0.125. The number of urea groups is 1. The zero-order valence-corrected chi connectivity index (χ0v) is 13.1. The summed E-state index contributed by atoms with van der Waals surface area (Å²) in [6.45, 7) is 7.12. The van der Waals surface area contributed by atoms with Crippen molar-refractivity contribution in [3.8, 4) is 5.75 Å². The van der Waals surface area contributed by atoms with Crippen LogP contribution in [0.2, 0.25) is 0 Å². The van der Waals surface area contributed by atoms with Gasteiger partial charge >= 0.3 is 6.03 Å². The first-order valence-corrected chi connectivity index (χ1v) is 7.43. The second-order valence-corrected chi connectivity index (χ2v) is 5.78. The second kappa shape index (κ2) is 5.72. The fourth-order valence-electron chi connectivity index (χ4n) is 2.78. The summed E-state index contributed by atoms with van der Waals surface area (Å²) < 4.78 is 5.63. The van der Waals surface area contributed by atoms with E-state index < -0.39 is 0 Å². The molecule has 0 unspecified atom stereocenters. The van der Waals surface area contributed by atoms with Gasteiger partial charge in [-0.05, 0) is 61.7 Å². The Balaban J connectivity index is 1.86. The number of carbonyl (C=O) groups excluding carboxylic acids is 1. The zero-order chi connectivity index (χ0) is 15.7. The molecule has 4 nitrogen and oxygen atoms in total. The molecule has 22 heavy (non-hydrogen) atoms. The molecule has 114 valence electrons. The average molecular weight is 296 g/mol. The van der Waals surface area contributed by atoms with Crippen LogP contribution in [-0.2, 0) is 0 Å². The highest BCUT2D eigenvalue weighted by Gasteiger charge is 2.23. The van der Waals surface area contributed by atoms with Crippen LogP contribution in [0.15, 0.2) is 36.4 Å². The summed E-state index contributed by atoms with van der Waals surface area (Å²) in [6, 6.07) is 11.8. The van der Waals surface area contributed by atoms with Gasteiger partial charge in [0.1, 0.15) is 12.4 Å². The lowest BCUT2D eigenvalue weighted by Crippen LogP contribution is -2.40. The Kier molecular flexibility index (Phi) is 3.75. The molecule has 1 heterocycles. The van der Waals surface area contributed by atoms with E-state index in [0.717, 1.165) is 33.8 Å². The van der Waals surface area contributed by atoms with Crippen molar-refractivity contribution >= 4 is 17.4 Å². The van der Waals surface area contributed by atoms with E-state index in [9.17, 15) is 4.79 Å². The lowest BCUT2D eigenvalue weighted by molar-refractivity contribution is 0.250. The first-order chi connectivity index (χ1) is 10.5. The fourth-order valence-corrected chi connectivity index (χ4v) is 2.78. The van der Waals surface area contributed by atoms with Gasteiger partial charge in [0.05, 0.1) is 12.2 Å². The SMILES string of the molecule is Cc1cc(C)cc(NC(=O)N2CCOc3ccc(C)cc32)c1. The van der Waals surface area contributed by atoms with Crippen molar-refractivity contribution in [1.82, 2.24) is 0 Å². The van der Waals surface area contributed by atoms with Gasteiger partial charge in [-0.1, -0.05) is 12.1 Å². The molecule has 0 atom stereocenters. The number of hydrogen-bond donors (Lipinski definition) is 1. The number of nitrogens with one attached hydrogen (secondary N) is 1. The third-order valence-corrected chi connectivity index (χ3v) is 3.70. The fraction of sp³-hybridized carbons (Fsp3) is 0.278. The largest absolute Gasteiger partial charge is 0.490 e. The minimum absolute atomic E-state index is 0.125. The maximum Gasteiger partial charge on any atom is 0.326 e. The average Bonchev–Trinajstić information content (AvgIpc) is 2.45. The Morgan fingerprint density at radius 3 is 2.50 bits per heavy atom. The molecule has 0 spiro atoms.